The first-order chi connectivity index (χ1) is 11.7. The van der Waals surface area contributed by atoms with Gasteiger partial charge in [-0.15, -0.1) is 0 Å². The van der Waals surface area contributed by atoms with E-state index in [-0.39, 0.29) is 12.0 Å². The number of carbonyl (C=O) groups is 1. The highest BCUT2D eigenvalue weighted by Gasteiger charge is 2.52. The van der Waals surface area contributed by atoms with Crippen LogP contribution in [0.5, 0.6) is 0 Å². The molecular weight excluding hydrogens is 336 g/mol. The van der Waals surface area contributed by atoms with Crippen LogP contribution in [0.15, 0.2) is 18.2 Å². The molecule has 0 spiro atoms. The average molecular weight is 365 g/mol. The molecule has 0 aliphatic carbocycles. The van der Waals surface area contributed by atoms with E-state index in [1.165, 1.54) is 11.0 Å². The minimum absolute atomic E-state index is 0.132. The molecule has 2 rings (SSSR count). The first-order valence-corrected chi connectivity index (χ1v) is 8.84. The number of rotatable bonds is 4. The Kier molecular flexibility index (Phi) is 5.46. The van der Waals surface area contributed by atoms with Crippen molar-refractivity contribution >= 4 is 18.7 Å². The number of hydrogen-bond donors (Lipinski definition) is 1. The van der Waals surface area contributed by atoms with Gasteiger partial charge in [-0.05, 0) is 44.7 Å². The van der Waals surface area contributed by atoms with E-state index < -0.39 is 30.2 Å². The van der Waals surface area contributed by atoms with E-state index >= 15 is 0 Å². The van der Waals surface area contributed by atoms with Gasteiger partial charge in [-0.2, -0.15) is 0 Å². The third-order valence-corrected chi connectivity index (χ3v) is 4.88. The van der Waals surface area contributed by atoms with Gasteiger partial charge in [0.1, 0.15) is 5.82 Å². The molecule has 26 heavy (non-hydrogen) atoms. The molecule has 0 bridgehead atoms. The van der Waals surface area contributed by atoms with Crippen molar-refractivity contribution in [2.24, 2.45) is 5.41 Å². The van der Waals surface area contributed by atoms with Gasteiger partial charge in [0, 0.05) is 18.6 Å². The van der Waals surface area contributed by atoms with Crippen LogP contribution in [0, 0.1) is 11.2 Å². The summed E-state index contributed by atoms with van der Waals surface area (Å²) in [6.07, 6.45) is -1.02. The summed E-state index contributed by atoms with van der Waals surface area (Å²) in [4.78, 5) is 12.8. The van der Waals surface area contributed by atoms with Crippen LogP contribution in [0.2, 0.25) is 0 Å². The van der Waals surface area contributed by atoms with Gasteiger partial charge in [0.25, 0.3) is 0 Å². The number of amides is 1. The van der Waals surface area contributed by atoms with E-state index in [4.69, 9.17) is 9.31 Å². The second-order valence-corrected chi connectivity index (χ2v) is 9.14. The minimum atomic E-state index is -1.02. The topological polar surface area (TPSA) is 59.0 Å². The van der Waals surface area contributed by atoms with E-state index in [0.717, 1.165) is 0 Å². The smallest absolute Gasteiger partial charge is 0.465 e. The molecule has 1 fully saturated rings. The SMILES string of the molecule is CC(C)(C)CN(Cc1ccc(B2OC(C)(C)C(C)(C)O2)c(F)c1)C(=O)O. The zero-order chi connectivity index (χ0) is 19.9. The van der Waals surface area contributed by atoms with E-state index in [1.807, 2.05) is 48.5 Å². The molecule has 7 heteroatoms. The Labute approximate surface area is 155 Å². The summed E-state index contributed by atoms with van der Waals surface area (Å²) in [7, 11) is -0.779. The van der Waals surface area contributed by atoms with Gasteiger partial charge < -0.3 is 19.3 Å². The molecule has 0 atom stereocenters. The quantitative estimate of drug-likeness (QED) is 0.828. The third kappa shape index (κ3) is 4.57. The average Bonchev–Trinajstić information content (AvgIpc) is 2.65. The van der Waals surface area contributed by atoms with Gasteiger partial charge in [0.05, 0.1) is 11.2 Å². The molecule has 1 saturated heterocycles. The van der Waals surface area contributed by atoms with Gasteiger partial charge in [0.2, 0.25) is 0 Å². The van der Waals surface area contributed by atoms with Crippen molar-refractivity contribution in [3.05, 3.63) is 29.6 Å². The lowest BCUT2D eigenvalue weighted by molar-refractivity contribution is 0.00578. The van der Waals surface area contributed by atoms with Gasteiger partial charge in [-0.1, -0.05) is 32.9 Å². The first kappa shape index (κ1) is 20.7. The Balaban J connectivity index is 2.18. The van der Waals surface area contributed by atoms with Crippen molar-refractivity contribution < 1.29 is 23.6 Å². The zero-order valence-electron chi connectivity index (χ0n) is 16.7. The fraction of sp³-hybridized carbons (Fsp3) is 0.632. The lowest BCUT2D eigenvalue weighted by atomic mass is 9.78. The molecule has 0 aromatic heterocycles. The van der Waals surface area contributed by atoms with Crippen molar-refractivity contribution in [2.45, 2.75) is 66.2 Å². The maximum atomic E-state index is 14.7. The van der Waals surface area contributed by atoms with Gasteiger partial charge >= 0.3 is 13.2 Å². The van der Waals surface area contributed by atoms with E-state index in [9.17, 15) is 14.3 Å². The van der Waals surface area contributed by atoms with Gasteiger partial charge in [0.15, 0.2) is 0 Å². The van der Waals surface area contributed by atoms with Gasteiger partial charge in [-0.3, -0.25) is 0 Å². The maximum absolute atomic E-state index is 14.7. The van der Waals surface area contributed by atoms with Crippen molar-refractivity contribution in [3.8, 4) is 0 Å². The molecule has 1 aliphatic rings. The fourth-order valence-corrected chi connectivity index (χ4v) is 2.81. The summed E-state index contributed by atoms with van der Waals surface area (Å²) in [5.41, 5.74) is -0.357. The van der Waals surface area contributed by atoms with Crippen LogP contribution >= 0.6 is 0 Å². The molecule has 1 amide bonds. The standard InChI is InChI=1S/C19H29BFNO4/c1-17(2,3)12-22(16(23)24)11-13-8-9-14(15(21)10-13)20-25-18(4,5)19(6,7)26-20/h8-10H,11-12H2,1-7H3,(H,23,24). The number of carboxylic acid groups (broad SMARTS) is 1. The zero-order valence-corrected chi connectivity index (χ0v) is 16.7. The first-order valence-electron chi connectivity index (χ1n) is 8.84. The fourth-order valence-electron chi connectivity index (χ4n) is 2.81. The summed E-state index contributed by atoms with van der Waals surface area (Å²) < 4.78 is 26.4. The summed E-state index contributed by atoms with van der Waals surface area (Å²) in [5, 5.41) is 9.40. The predicted molar refractivity (Wildman–Crippen MR) is 100 cm³/mol. The second kappa shape index (κ2) is 6.85. The van der Waals surface area contributed by atoms with E-state index in [1.54, 1.807) is 12.1 Å². The number of halogens is 1. The Morgan fingerprint density at radius 2 is 1.73 bits per heavy atom. The lowest BCUT2D eigenvalue weighted by Crippen LogP contribution is -2.41. The summed E-state index contributed by atoms with van der Waals surface area (Å²) in [5.74, 6) is -0.456. The van der Waals surface area contributed by atoms with Crippen LogP contribution in [0.25, 0.3) is 0 Å². The molecule has 1 aromatic carbocycles. The highest BCUT2D eigenvalue weighted by molar-refractivity contribution is 6.62. The number of hydrogen-bond acceptors (Lipinski definition) is 3. The predicted octanol–water partition coefficient (Wildman–Crippen LogP) is 3.65. The molecular formula is C19H29BFNO4. The van der Waals surface area contributed by atoms with Crippen LogP contribution in [0.1, 0.15) is 54.0 Å². The van der Waals surface area contributed by atoms with Crippen LogP contribution in [0.3, 0.4) is 0 Å². The third-order valence-electron chi connectivity index (χ3n) is 4.88. The van der Waals surface area contributed by atoms with Crippen molar-refractivity contribution in [2.75, 3.05) is 6.54 Å². The molecule has 1 heterocycles. The molecule has 0 radical (unpaired) electrons. The van der Waals surface area contributed by atoms with Crippen molar-refractivity contribution in [1.29, 1.82) is 0 Å². The van der Waals surface area contributed by atoms with Gasteiger partial charge in [-0.25, -0.2) is 9.18 Å². The Hall–Kier alpha value is -1.60. The highest BCUT2D eigenvalue weighted by atomic mass is 19.1. The normalized spacial score (nSPS) is 18.8. The molecule has 1 aliphatic heterocycles. The number of nitrogens with zero attached hydrogens (tertiary/aromatic N) is 1. The molecule has 5 nitrogen and oxygen atoms in total. The van der Waals surface area contributed by atoms with Crippen molar-refractivity contribution in [1.82, 2.24) is 4.90 Å². The molecule has 1 N–H and O–H groups in total. The summed E-state index contributed by atoms with van der Waals surface area (Å²) in [6.45, 7) is 14.0. The van der Waals surface area contributed by atoms with Crippen LogP contribution in [-0.4, -0.2) is 41.0 Å². The molecule has 144 valence electrons. The van der Waals surface area contributed by atoms with Crippen LogP contribution in [-0.2, 0) is 15.9 Å². The Morgan fingerprint density at radius 3 is 2.15 bits per heavy atom. The van der Waals surface area contributed by atoms with Crippen molar-refractivity contribution in [3.63, 3.8) is 0 Å². The van der Waals surface area contributed by atoms with E-state index in [2.05, 4.69) is 0 Å². The highest BCUT2D eigenvalue weighted by Crippen LogP contribution is 2.36. The summed E-state index contributed by atoms with van der Waals surface area (Å²) >= 11 is 0. The van der Waals surface area contributed by atoms with Crippen LogP contribution < -0.4 is 5.46 Å². The molecule has 1 aromatic rings. The lowest BCUT2D eigenvalue weighted by Gasteiger charge is -2.32. The van der Waals surface area contributed by atoms with Crippen LogP contribution in [0.4, 0.5) is 9.18 Å². The Bertz CT molecular complexity index is 669. The maximum Gasteiger partial charge on any atom is 0.497 e. The molecule has 0 saturated carbocycles. The largest absolute Gasteiger partial charge is 0.497 e. The van der Waals surface area contributed by atoms with E-state index in [0.29, 0.717) is 17.6 Å². The minimum Gasteiger partial charge on any atom is -0.465 e. The number of benzene rings is 1. The molecule has 0 unspecified atom stereocenters. The summed E-state index contributed by atoms with van der Waals surface area (Å²) in [6, 6.07) is 4.70. The second-order valence-electron chi connectivity index (χ2n) is 9.14. The monoisotopic (exact) mass is 365 g/mol. The Morgan fingerprint density at radius 1 is 1.19 bits per heavy atom.